The Labute approximate surface area is 262 Å². The summed E-state index contributed by atoms with van der Waals surface area (Å²) in [5, 5.41) is 5.43. The number of carbonyl (C=O) groups is 2. The molecule has 0 fully saturated rings. The molecule has 6 rings (SSSR count). The zero-order valence-corrected chi connectivity index (χ0v) is 26.1. The Morgan fingerprint density at radius 3 is 2.56 bits per heavy atom. The fourth-order valence-electron chi connectivity index (χ4n) is 5.85. The molecule has 2 atom stereocenters. The minimum atomic E-state index is -3.40. The summed E-state index contributed by atoms with van der Waals surface area (Å²) in [5.41, 5.74) is 2.06. The van der Waals surface area contributed by atoms with Crippen LogP contribution in [0.4, 0.5) is 15.9 Å². The van der Waals surface area contributed by atoms with Gasteiger partial charge in [0, 0.05) is 42.4 Å². The van der Waals surface area contributed by atoms with Crippen LogP contribution in [-0.2, 0) is 37.7 Å². The molecule has 0 unspecified atom stereocenters. The van der Waals surface area contributed by atoms with Crippen molar-refractivity contribution in [3.63, 3.8) is 0 Å². The van der Waals surface area contributed by atoms with Gasteiger partial charge in [-0.1, -0.05) is 35.9 Å². The molecule has 1 aliphatic carbocycles. The van der Waals surface area contributed by atoms with Gasteiger partial charge in [0.1, 0.15) is 21.5 Å². The molecule has 0 saturated heterocycles. The zero-order chi connectivity index (χ0) is 32.7. The molecule has 2 aromatic carbocycles. The molecule has 0 radical (unpaired) electrons. The van der Waals surface area contributed by atoms with E-state index < -0.39 is 38.4 Å². The van der Waals surface area contributed by atoms with Gasteiger partial charge in [-0.25, -0.2) is 22.6 Å². The van der Waals surface area contributed by atoms with Gasteiger partial charge in [-0.3, -0.25) is 19.0 Å². The second kappa shape index (κ2) is 12.1. The van der Waals surface area contributed by atoms with Gasteiger partial charge in [0.2, 0.25) is 11.8 Å². The van der Waals surface area contributed by atoms with Gasteiger partial charge in [0.05, 0.1) is 27.8 Å². The largest absolute Gasteiger partial charge is 0.328 e. The molecule has 2 aromatic heterocycles. The maximum atomic E-state index is 13.6. The van der Waals surface area contributed by atoms with Gasteiger partial charge in [0.25, 0.3) is 5.56 Å². The number of halogens is 2. The minimum Gasteiger partial charge on any atom is -0.326 e. The van der Waals surface area contributed by atoms with Crippen molar-refractivity contribution in [1.29, 1.82) is 0 Å². The summed E-state index contributed by atoms with van der Waals surface area (Å²) in [6.45, 7) is 2.93. The van der Waals surface area contributed by atoms with Crippen LogP contribution in [0.2, 0.25) is 5.02 Å². The predicted molar refractivity (Wildman–Crippen MR) is 169 cm³/mol. The van der Waals surface area contributed by atoms with Crippen molar-refractivity contribution in [3.05, 3.63) is 109 Å². The molecule has 0 saturated carbocycles. The van der Waals surface area contributed by atoms with Crippen molar-refractivity contribution < 1.29 is 22.4 Å². The summed E-state index contributed by atoms with van der Waals surface area (Å²) in [5.74, 6) is -0.497. The number of nitrogens with zero attached hydrogens (tertiary/aromatic N) is 2. The fraction of sp³-hybridized carbons (Fsp3) is 0.258. The Kier molecular flexibility index (Phi) is 8.51. The highest BCUT2D eigenvalue weighted by Crippen LogP contribution is 2.46. The van der Waals surface area contributed by atoms with E-state index in [1.165, 1.54) is 26.0 Å². The number of aromatic nitrogens is 3. The molecule has 4 aromatic rings. The van der Waals surface area contributed by atoms with Crippen molar-refractivity contribution >= 4 is 44.8 Å². The number of sulfone groups is 1. The number of benzene rings is 2. The predicted octanol–water partition coefficient (Wildman–Crippen LogP) is 3.63. The van der Waals surface area contributed by atoms with Gasteiger partial charge in [-0.2, -0.15) is 0 Å². The Morgan fingerprint density at radius 2 is 1.84 bits per heavy atom. The molecule has 3 heterocycles. The average Bonchev–Trinajstić information content (AvgIpc) is 3.46. The number of pyridine rings is 1. The van der Waals surface area contributed by atoms with Crippen molar-refractivity contribution in [2.24, 2.45) is 0 Å². The number of rotatable bonds is 5. The van der Waals surface area contributed by atoms with E-state index in [1.54, 1.807) is 6.20 Å². The second-order valence-electron chi connectivity index (χ2n) is 11.2. The number of H-pyrrole nitrogens is 1. The number of carbonyl (C=O) groups excluding carboxylic acids is 2. The molecular weight excluding hydrogens is 625 g/mol. The smallest absolute Gasteiger partial charge is 0.326 e. The van der Waals surface area contributed by atoms with Crippen molar-refractivity contribution in [1.82, 2.24) is 14.5 Å². The maximum absolute atomic E-state index is 13.6. The summed E-state index contributed by atoms with van der Waals surface area (Å²) in [4.78, 5) is 54.8. The van der Waals surface area contributed by atoms with E-state index >= 15 is 0 Å². The highest BCUT2D eigenvalue weighted by Gasteiger charge is 2.51. The lowest BCUT2D eigenvalue weighted by atomic mass is 9.79. The SMILES string of the molecule is CC(=O)Nc1ccc2c(c1)C[C@@]1(C2)C(=O)Nc2ncccc21.C[C@@H](CS(C)(=O)=O)n1c(=O)[nH]cc(-c2cccc(F)c2Cl)c1=O. The van der Waals surface area contributed by atoms with Crippen molar-refractivity contribution in [3.8, 4) is 11.1 Å². The average molecular weight is 654 g/mol. The maximum Gasteiger partial charge on any atom is 0.328 e. The highest BCUT2D eigenvalue weighted by atomic mass is 35.5. The number of anilines is 2. The summed E-state index contributed by atoms with van der Waals surface area (Å²) in [7, 11) is -3.40. The zero-order valence-electron chi connectivity index (χ0n) is 24.5. The van der Waals surface area contributed by atoms with Crippen LogP contribution in [-0.4, -0.2) is 46.8 Å². The normalized spacial score (nSPS) is 17.1. The molecule has 1 aliphatic heterocycles. The van der Waals surface area contributed by atoms with Gasteiger partial charge in [-0.15, -0.1) is 0 Å². The number of hydrogen-bond donors (Lipinski definition) is 3. The Bertz CT molecular complexity index is 2080. The second-order valence-corrected chi connectivity index (χ2v) is 13.7. The Morgan fingerprint density at radius 1 is 1.11 bits per heavy atom. The van der Waals surface area contributed by atoms with E-state index in [-0.39, 0.29) is 33.7 Å². The molecule has 11 nitrogen and oxygen atoms in total. The molecule has 3 N–H and O–H groups in total. The van der Waals surface area contributed by atoms with Gasteiger partial charge >= 0.3 is 5.69 Å². The summed E-state index contributed by atoms with van der Waals surface area (Å²) >= 11 is 5.87. The van der Waals surface area contributed by atoms with Crippen molar-refractivity contribution in [2.45, 2.75) is 38.1 Å². The monoisotopic (exact) mass is 653 g/mol. The fourth-order valence-corrected chi connectivity index (χ4v) is 7.11. The van der Waals surface area contributed by atoms with Gasteiger partial charge in [0.15, 0.2) is 0 Å². The molecular formula is C31H29ClFN5O6S. The third-order valence-electron chi connectivity index (χ3n) is 7.74. The van der Waals surface area contributed by atoms with Crippen LogP contribution in [0.15, 0.2) is 70.5 Å². The van der Waals surface area contributed by atoms with Crippen molar-refractivity contribution in [2.75, 3.05) is 22.6 Å². The number of amides is 2. The Hall–Kier alpha value is -4.62. The first-order chi connectivity index (χ1) is 21.2. The standard InChI is InChI=1S/C17H15N3O2.C14H14ClFN2O4S/c1-10(21)19-13-5-4-11-8-17(9-12(11)7-13)14-3-2-6-18-15(14)20-16(17)22;1-8(7-23(2,21)22)18-13(19)10(6-17-14(18)20)9-4-3-5-11(16)12(9)15/h2-7H,8-9H2,1H3,(H,19,21)(H,18,20,22);3-6,8H,7H2,1-2H3,(H,17,20)/t17-;8-/m10/s1. The van der Waals surface area contributed by atoms with E-state index in [1.807, 2.05) is 30.3 Å². The van der Waals surface area contributed by atoms with Gasteiger partial charge < -0.3 is 15.6 Å². The molecule has 2 aliphatic rings. The lowest BCUT2D eigenvalue weighted by molar-refractivity contribution is -0.120. The first-order valence-electron chi connectivity index (χ1n) is 13.8. The third-order valence-corrected chi connectivity index (χ3v) is 9.21. The summed E-state index contributed by atoms with van der Waals surface area (Å²) in [6, 6.07) is 12.8. The number of aromatic amines is 1. The van der Waals surface area contributed by atoms with E-state index in [0.29, 0.717) is 18.7 Å². The molecule has 234 valence electrons. The van der Waals surface area contributed by atoms with E-state index in [4.69, 9.17) is 11.6 Å². The van der Waals surface area contributed by atoms with Crippen LogP contribution in [0.5, 0.6) is 0 Å². The van der Waals surface area contributed by atoms with Crippen LogP contribution in [0.25, 0.3) is 11.1 Å². The molecule has 14 heteroatoms. The van der Waals surface area contributed by atoms with Crippen LogP contribution in [0.1, 0.15) is 36.6 Å². The van der Waals surface area contributed by atoms with Crippen LogP contribution in [0.3, 0.4) is 0 Å². The highest BCUT2D eigenvalue weighted by molar-refractivity contribution is 7.90. The lowest BCUT2D eigenvalue weighted by Crippen LogP contribution is -2.39. The first kappa shape index (κ1) is 31.8. The number of fused-ring (bicyclic) bond motifs is 3. The van der Waals surface area contributed by atoms with E-state index in [0.717, 1.165) is 45.5 Å². The Balaban J connectivity index is 0.000000178. The summed E-state index contributed by atoms with van der Waals surface area (Å²) < 4.78 is 37.1. The lowest BCUT2D eigenvalue weighted by Gasteiger charge is -2.20. The van der Waals surface area contributed by atoms with Crippen LogP contribution < -0.4 is 21.9 Å². The minimum absolute atomic E-state index is 0.0125. The van der Waals surface area contributed by atoms with Gasteiger partial charge in [-0.05, 0) is 55.2 Å². The molecule has 45 heavy (non-hydrogen) atoms. The number of hydrogen-bond acceptors (Lipinski definition) is 7. The molecule has 0 bridgehead atoms. The molecule has 2 amide bonds. The summed E-state index contributed by atoms with van der Waals surface area (Å²) in [6.07, 6.45) is 5.15. The third kappa shape index (κ3) is 6.31. The van der Waals surface area contributed by atoms with E-state index in [9.17, 15) is 32.0 Å². The quantitative estimate of drug-likeness (QED) is 0.297. The number of nitrogens with one attached hydrogen (secondary N) is 3. The van der Waals surface area contributed by atoms with E-state index in [2.05, 4.69) is 20.6 Å². The van der Waals surface area contributed by atoms with Crippen LogP contribution >= 0.6 is 11.6 Å². The molecule has 1 spiro atoms. The van der Waals surface area contributed by atoms with Crippen LogP contribution in [0, 0.1) is 5.82 Å². The first-order valence-corrected chi connectivity index (χ1v) is 16.3. The topological polar surface area (TPSA) is 160 Å².